The Balaban J connectivity index is 2.44. The Morgan fingerprint density at radius 3 is 2.39 bits per heavy atom. The van der Waals surface area contributed by atoms with Crippen molar-refractivity contribution in [3.8, 4) is 0 Å². The highest BCUT2D eigenvalue weighted by atomic mass is 35.5. The molecule has 1 unspecified atom stereocenters. The lowest BCUT2D eigenvalue weighted by atomic mass is 10.0. The van der Waals surface area contributed by atoms with Crippen LogP contribution in [0.2, 0.25) is 10.0 Å². The van der Waals surface area contributed by atoms with Gasteiger partial charge in [-0.05, 0) is 47.9 Å². The van der Waals surface area contributed by atoms with E-state index < -0.39 is 5.38 Å². The molecule has 0 aliphatic carbocycles. The quantitative estimate of drug-likeness (QED) is 0.618. The third kappa shape index (κ3) is 2.97. The predicted octanol–water partition coefficient (Wildman–Crippen LogP) is 5.77. The second-order valence-electron chi connectivity index (χ2n) is 4.09. The highest BCUT2D eigenvalue weighted by Gasteiger charge is 2.15. The minimum atomic E-state index is -0.496. The molecular formula is C14H10Cl3F. The smallest absolute Gasteiger partial charge is 0.123 e. The van der Waals surface area contributed by atoms with Crippen LogP contribution in [0.25, 0.3) is 0 Å². The monoisotopic (exact) mass is 302 g/mol. The maximum Gasteiger partial charge on any atom is 0.123 e. The van der Waals surface area contributed by atoms with Crippen molar-refractivity contribution in [2.75, 3.05) is 0 Å². The summed E-state index contributed by atoms with van der Waals surface area (Å²) in [7, 11) is 0. The van der Waals surface area contributed by atoms with Gasteiger partial charge in [-0.25, -0.2) is 4.39 Å². The van der Waals surface area contributed by atoms with E-state index in [1.165, 1.54) is 12.1 Å². The van der Waals surface area contributed by atoms with E-state index >= 15 is 0 Å². The van der Waals surface area contributed by atoms with Crippen LogP contribution in [-0.4, -0.2) is 0 Å². The van der Waals surface area contributed by atoms with Crippen LogP contribution in [0.3, 0.4) is 0 Å². The summed E-state index contributed by atoms with van der Waals surface area (Å²) in [4.78, 5) is 0. The van der Waals surface area contributed by atoms with Gasteiger partial charge in [0.05, 0.1) is 5.38 Å². The van der Waals surface area contributed by atoms with Crippen LogP contribution in [0.5, 0.6) is 0 Å². The summed E-state index contributed by atoms with van der Waals surface area (Å²) in [6.07, 6.45) is 0. The SMILES string of the molecule is Cc1cc(F)cc(C(Cl)c2ccc(Cl)cc2Cl)c1. The molecule has 0 N–H and O–H groups in total. The summed E-state index contributed by atoms with van der Waals surface area (Å²) in [6.45, 7) is 1.82. The molecule has 1 atom stereocenters. The molecule has 0 aliphatic rings. The van der Waals surface area contributed by atoms with Crippen LogP contribution < -0.4 is 0 Å². The van der Waals surface area contributed by atoms with E-state index in [1.54, 1.807) is 18.2 Å². The fourth-order valence-corrected chi connectivity index (χ4v) is 2.69. The van der Waals surface area contributed by atoms with Gasteiger partial charge in [0.25, 0.3) is 0 Å². The van der Waals surface area contributed by atoms with Gasteiger partial charge in [-0.1, -0.05) is 35.3 Å². The summed E-state index contributed by atoms with van der Waals surface area (Å²) < 4.78 is 13.4. The molecule has 0 saturated carbocycles. The highest BCUT2D eigenvalue weighted by Crippen LogP contribution is 2.35. The largest absolute Gasteiger partial charge is 0.207 e. The average molecular weight is 304 g/mol. The number of alkyl halides is 1. The van der Waals surface area contributed by atoms with Crippen LogP contribution >= 0.6 is 34.8 Å². The van der Waals surface area contributed by atoms with Gasteiger partial charge in [-0.3, -0.25) is 0 Å². The van der Waals surface area contributed by atoms with Crippen LogP contribution in [0.4, 0.5) is 4.39 Å². The topological polar surface area (TPSA) is 0 Å². The fourth-order valence-electron chi connectivity index (χ4n) is 1.80. The Labute approximate surface area is 120 Å². The molecule has 2 aromatic carbocycles. The molecule has 0 bridgehead atoms. The lowest BCUT2D eigenvalue weighted by molar-refractivity contribution is 0.624. The van der Waals surface area contributed by atoms with E-state index in [9.17, 15) is 4.39 Å². The number of halogens is 4. The molecule has 0 aromatic heterocycles. The number of rotatable bonds is 2. The second kappa shape index (κ2) is 5.48. The van der Waals surface area contributed by atoms with E-state index in [1.807, 2.05) is 13.0 Å². The van der Waals surface area contributed by atoms with Gasteiger partial charge < -0.3 is 0 Å². The Kier molecular flexibility index (Phi) is 4.16. The van der Waals surface area contributed by atoms with E-state index in [0.717, 1.165) is 5.56 Å². The lowest BCUT2D eigenvalue weighted by Crippen LogP contribution is -1.96. The van der Waals surface area contributed by atoms with Gasteiger partial charge in [-0.2, -0.15) is 0 Å². The maximum atomic E-state index is 13.4. The molecule has 2 aromatic rings. The Morgan fingerprint density at radius 1 is 1.06 bits per heavy atom. The van der Waals surface area contributed by atoms with Gasteiger partial charge in [0.15, 0.2) is 0 Å². The standard InChI is InChI=1S/C14H10Cl3F/c1-8-4-9(6-11(18)5-8)14(17)12-3-2-10(15)7-13(12)16/h2-7,14H,1H3. The van der Waals surface area contributed by atoms with E-state index in [0.29, 0.717) is 21.2 Å². The van der Waals surface area contributed by atoms with Gasteiger partial charge in [0, 0.05) is 10.0 Å². The van der Waals surface area contributed by atoms with Crippen LogP contribution in [-0.2, 0) is 0 Å². The number of aryl methyl sites for hydroxylation is 1. The summed E-state index contributed by atoms with van der Waals surface area (Å²) in [6, 6.07) is 9.80. The third-order valence-corrected chi connectivity index (χ3v) is 3.64. The van der Waals surface area contributed by atoms with E-state index in [-0.39, 0.29) is 5.82 Å². The summed E-state index contributed by atoms with van der Waals surface area (Å²) in [5.41, 5.74) is 2.21. The summed E-state index contributed by atoms with van der Waals surface area (Å²) >= 11 is 18.3. The predicted molar refractivity (Wildman–Crippen MR) is 75.3 cm³/mol. The molecule has 2 rings (SSSR count). The first kappa shape index (κ1) is 13.7. The molecule has 0 saturated heterocycles. The molecule has 94 valence electrons. The Morgan fingerprint density at radius 2 is 1.78 bits per heavy atom. The van der Waals surface area contributed by atoms with Gasteiger partial charge in [0.1, 0.15) is 5.82 Å². The second-order valence-corrected chi connectivity index (χ2v) is 5.37. The van der Waals surface area contributed by atoms with Crippen molar-refractivity contribution in [3.63, 3.8) is 0 Å². The molecule has 0 aliphatic heterocycles. The minimum absolute atomic E-state index is 0.305. The van der Waals surface area contributed by atoms with Crippen molar-refractivity contribution in [1.82, 2.24) is 0 Å². The molecule has 18 heavy (non-hydrogen) atoms. The molecule has 0 nitrogen and oxygen atoms in total. The maximum absolute atomic E-state index is 13.4. The molecule has 0 radical (unpaired) electrons. The fraction of sp³-hybridized carbons (Fsp3) is 0.143. The Hall–Kier alpha value is -0.760. The molecular weight excluding hydrogens is 294 g/mol. The van der Waals surface area contributed by atoms with E-state index in [2.05, 4.69) is 0 Å². The zero-order chi connectivity index (χ0) is 13.3. The van der Waals surface area contributed by atoms with Gasteiger partial charge in [0.2, 0.25) is 0 Å². The summed E-state index contributed by atoms with van der Waals surface area (Å²) in [5, 5.41) is 0.525. The molecule has 0 spiro atoms. The average Bonchev–Trinajstić information content (AvgIpc) is 2.26. The zero-order valence-electron chi connectivity index (χ0n) is 9.55. The van der Waals surface area contributed by atoms with Crippen molar-refractivity contribution in [2.24, 2.45) is 0 Å². The van der Waals surface area contributed by atoms with Crippen molar-refractivity contribution < 1.29 is 4.39 Å². The number of hydrogen-bond donors (Lipinski definition) is 0. The Bertz CT molecular complexity index is 561. The van der Waals surface area contributed by atoms with Crippen LogP contribution in [0, 0.1) is 12.7 Å². The molecule has 0 amide bonds. The number of hydrogen-bond acceptors (Lipinski definition) is 0. The first-order valence-electron chi connectivity index (χ1n) is 5.33. The zero-order valence-corrected chi connectivity index (χ0v) is 11.8. The van der Waals surface area contributed by atoms with Crippen molar-refractivity contribution >= 4 is 34.8 Å². The lowest BCUT2D eigenvalue weighted by Gasteiger charge is -2.13. The van der Waals surface area contributed by atoms with Crippen LogP contribution in [0.1, 0.15) is 22.1 Å². The van der Waals surface area contributed by atoms with Gasteiger partial charge in [-0.15, -0.1) is 11.6 Å². The van der Waals surface area contributed by atoms with Gasteiger partial charge >= 0.3 is 0 Å². The minimum Gasteiger partial charge on any atom is -0.207 e. The van der Waals surface area contributed by atoms with Crippen molar-refractivity contribution in [2.45, 2.75) is 12.3 Å². The third-order valence-electron chi connectivity index (χ3n) is 2.59. The first-order valence-corrected chi connectivity index (χ1v) is 6.52. The normalized spacial score (nSPS) is 12.5. The van der Waals surface area contributed by atoms with Crippen molar-refractivity contribution in [3.05, 3.63) is 69.0 Å². The molecule has 0 heterocycles. The molecule has 0 fully saturated rings. The summed E-state index contributed by atoms with van der Waals surface area (Å²) in [5.74, 6) is -0.305. The van der Waals surface area contributed by atoms with Crippen molar-refractivity contribution in [1.29, 1.82) is 0 Å². The number of benzene rings is 2. The first-order chi connectivity index (χ1) is 8.47. The molecule has 4 heteroatoms. The highest BCUT2D eigenvalue weighted by molar-refractivity contribution is 6.36. The van der Waals surface area contributed by atoms with Crippen LogP contribution in [0.15, 0.2) is 36.4 Å². The van der Waals surface area contributed by atoms with E-state index in [4.69, 9.17) is 34.8 Å².